The normalized spacial score (nSPS) is 28.3. The zero-order chi connectivity index (χ0) is 18.9. The van der Waals surface area contributed by atoms with Gasteiger partial charge < -0.3 is 25.1 Å². The van der Waals surface area contributed by atoms with Crippen LogP contribution < -0.4 is 5.32 Å². The molecule has 4 N–H and O–H groups in total. The average molecular weight is 373 g/mol. The monoisotopic (exact) mass is 373 g/mol. The summed E-state index contributed by atoms with van der Waals surface area (Å²) in [6, 6.07) is 3.52. The van der Waals surface area contributed by atoms with Crippen LogP contribution in [0.15, 0.2) is 30.7 Å². The first-order valence-corrected chi connectivity index (χ1v) is 9.49. The zero-order valence-corrected chi connectivity index (χ0v) is 15.6. The van der Waals surface area contributed by atoms with Crippen LogP contribution in [0.25, 0.3) is 0 Å². The molecule has 27 heavy (non-hydrogen) atoms. The molecule has 8 heteroatoms. The van der Waals surface area contributed by atoms with Gasteiger partial charge >= 0.3 is 0 Å². The Kier molecular flexibility index (Phi) is 4.79. The average Bonchev–Trinajstić information content (AvgIpc) is 3.36. The molecule has 0 unspecified atom stereocenters. The largest absolute Gasteiger partial charge is 0.388 e. The first kappa shape index (κ1) is 18.2. The number of likely N-dealkylation sites (tertiary alicyclic amines) is 1. The molecule has 1 amide bonds. The molecule has 2 aromatic rings. The molecule has 0 saturated carbocycles. The number of nitrogens with zero attached hydrogens (tertiary/aromatic N) is 2. The third kappa shape index (κ3) is 3.52. The van der Waals surface area contributed by atoms with E-state index in [1.54, 1.807) is 24.5 Å². The third-order valence-electron chi connectivity index (χ3n) is 5.99. The lowest BCUT2D eigenvalue weighted by molar-refractivity contribution is -0.206. The van der Waals surface area contributed by atoms with E-state index in [1.807, 2.05) is 13.1 Å². The van der Waals surface area contributed by atoms with Gasteiger partial charge in [-0.05, 0) is 38.3 Å². The SMILES string of the molecule is C[C@]1(NC(=O)c2ccc[nH]2)CCOC2(CCN(Cc3ncc[nH]3)CC2)[C@@H]1O. The Morgan fingerprint density at radius 3 is 2.85 bits per heavy atom. The Balaban J connectivity index is 1.42. The van der Waals surface area contributed by atoms with Crippen LogP contribution >= 0.6 is 0 Å². The number of carbonyl (C=O) groups is 1. The van der Waals surface area contributed by atoms with E-state index in [0.717, 1.165) is 38.3 Å². The van der Waals surface area contributed by atoms with E-state index in [9.17, 15) is 9.90 Å². The summed E-state index contributed by atoms with van der Waals surface area (Å²) < 4.78 is 6.11. The van der Waals surface area contributed by atoms with Gasteiger partial charge in [0.25, 0.3) is 5.91 Å². The highest BCUT2D eigenvalue weighted by atomic mass is 16.5. The second-order valence-electron chi connectivity index (χ2n) is 7.83. The molecular formula is C19H27N5O3. The summed E-state index contributed by atoms with van der Waals surface area (Å²) in [5, 5.41) is 14.2. The van der Waals surface area contributed by atoms with Gasteiger partial charge in [0, 0.05) is 38.3 Å². The predicted molar refractivity (Wildman–Crippen MR) is 99.1 cm³/mol. The lowest BCUT2D eigenvalue weighted by Gasteiger charge is -2.53. The molecule has 2 aliphatic rings. The molecule has 4 heterocycles. The van der Waals surface area contributed by atoms with Gasteiger partial charge in [0.2, 0.25) is 0 Å². The number of imidazole rings is 1. The van der Waals surface area contributed by atoms with Crippen LogP contribution in [0.5, 0.6) is 0 Å². The summed E-state index contributed by atoms with van der Waals surface area (Å²) in [7, 11) is 0. The summed E-state index contributed by atoms with van der Waals surface area (Å²) >= 11 is 0. The summed E-state index contributed by atoms with van der Waals surface area (Å²) in [5.74, 6) is 0.743. The fraction of sp³-hybridized carbons (Fsp3) is 0.579. The highest BCUT2D eigenvalue weighted by Crippen LogP contribution is 2.40. The maximum atomic E-state index is 12.5. The van der Waals surface area contributed by atoms with E-state index in [2.05, 4.69) is 25.2 Å². The summed E-state index contributed by atoms with van der Waals surface area (Å²) in [5.41, 5.74) is -0.837. The molecule has 4 rings (SSSR count). The molecule has 0 bridgehead atoms. The van der Waals surface area contributed by atoms with Crippen LogP contribution in [0.2, 0.25) is 0 Å². The molecule has 2 aromatic heterocycles. The molecule has 2 fully saturated rings. The zero-order valence-electron chi connectivity index (χ0n) is 15.6. The first-order valence-electron chi connectivity index (χ1n) is 9.49. The van der Waals surface area contributed by atoms with Gasteiger partial charge in [-0.3, -0.25) is 9.69 Å². The van der Waals surface area contributed by atoms with Crippen molar-refractivity contribution >= 4 is 5.91 Å². The number of aliphatic hydroxyl groups excluding tert-OH is 1. The minimum Gasteiger partial charge on any atom is -0.388 e. The quantitative estimate of drug-likeness (QED) is 0.641. The van der Waals surface area contributed by atoms with Crippen molar-refractivity contribution in [1.82, 2.24) is 25.2 Å². The predicted octanol–water partition coefficient (Wildman–Crippen LogP) is 1.04. The van der Waals surface area contributed by atoms with Crippen molar-refractivity contribution < 1.29 is 14.6 Å². The number of nitrogens with one attached hydrogen (secondary N) is 3. The maximum Gasteiger partial charge on any atom is 0.268 e. The van der Waals surface area contributed by atoms with E-state index in [1.165, 1.54) is 0 Å². The number of aromatic amines is 2. The molecule has 146 valence electrons. The molecule has 0 aromatic carbocycles. The molecule has 2 atom stereocenters. The van der Waals surface area contributed by atoms with Crippen molar-refractivity contribution in [1.29, 1.82) is 0 Å². The van der Waals surface area contributed by atoms with Gasteiger partial charge in [0.15, 0.2) is 0 Å². The standard InChI is InChI=1S/C19H27N5O3/c1-18(23-16(25)14-3-2-7-20-14)6-12-27-19(17(18)26)4-10-24(11-5-19)13-15-21-8-9-22-15/h2-3,7-9,17,20,26H,4-6,10-13H2,1H3,(H,21,22)(H,23,25)/t17-,18+/m1/s1. The van der Waals surface area contributed by atoms with Gasteiger partial charge in [-0.25, -0.2) is 4.98 Å². The van der Waals surface area contributed by atoms with Crippen molar-refractivity contribution in [2.75, 3.05) is 19.7 Å². The smallest absolute Gasteiger partial charge is 0.268 e. The number of aliphatic hydroxyl groups is 1. The van der Waals surface area contributed by atoms with Crippen LogP contribution in [-0.2, 0) is 11.3 Å². The fourth-order valence-corrected chi connectivity index (χ4v) is 4.30. The molecule has 2 aliphatic heterocycles. The van der Waals surface area contributed by atoms with Crippen molar-refractivity contribution in [3.8, 4) is 0 Å². The van der Waals surface area contributed by atoms with Crippen LogP contribution in [-0.4, -0.2) is 67.8 Å². The Bertz CT molecular complexity index is 752. The van der Waals surface area contributed by atoms with Crippen LogP contribution in [0, 0.1) is 0 Å². The number of hydrogen-bond acceptors (Lipinski definition) is 5. The number of rotatable bonds is 4. The number of piperidine rings is 1. The van der Waals surface area contributed by atoms with Crippen molar-refractivity contribution in [3.05, 3.63) is 42.2 Å². The van der Waals surface area contributed by atoms with Crippen LogP contribution in [0.1, 0.15) is 42.5 Å². The molecule has 0 aliphatic carbocycles. The highest BCUT2D eigenvalue weighted by molar-refractivity contribution is 5.92. The van der Waals surface area contributed by atoms with Crippen molar-refractivity contribution in [3.63, 3.8) is 0 Å². The maximum absolute atomic E-state index is 12.5. The van der Waals surface area contributed by atoms with Gasteiger partial charge in [-0.1, -0.05) is 0 Å². The van der Waals surface area contributed by atoms with Gasteiger partial charge in [-0.2, -0.15) is 0 Å². The van der Waals surface area contributed by atoms with Crippen molar-refractivity contribution in [2.24, 2.45) is 0 Å². The molecule has 0 radical (unpaired) electrons. The number of carbonyl (C=O) groups excluding carboxylic acids is 1. The first-order chi connectivity index (χ1) is 13.0. The van der Waals surface area contributed by atoms with Crippen LogP contribution in [0.3, 0.4) is 0 Å². The minimum atomic E-state index is -0.761. The Labute approximate surface area is 158 Å². The summed E-state index contributed by atoms with van der Waals surface area (Å²) in [6.45, 7) is 4.84. The summed E-state index contributed by atoms with van der Waals surface area (Å²) in [4.78, 5) is 25.1. The van der Waals surface area contributed by atoms with E-state index < -0.39 is 17.2 Å². The summed E-state index contributed by atoms with van der Waals surface area (Å²) in [6.07, 6.45) is 6.57. The number of ether oxygens (including phenoxy) is 1. The lowest BCUT2D eigenvalue weighted by Crippen LogP contribution is -2.69. The highest BCUT2D eigenvalue weighted by Gasteiger charge is 2.53. The molecule has 2 saturated heterocycles. The van der Waals surface area contributed by atoms with Crippen molar-refractivity contribution in [2.45, 2.75) is 50.0 Å². The van der Waals surface area contributed by atoms with E-state index in [4.69, 9.17) is 4.74 Å². The Morgan fingerprint density at radius 2 is 2.19 bits per heavy atom. The topological polar surface area (TPSA) is 106 Å². The number of amides is 1. The second kappa shape index (κ2) is 7.10. The van der Waals surface area contributed by atoms with Gasteiger partial charge in [0.1, 0.15) is 17.6 Å². The molecule has 1 spiro atoms. The number of aromatic nitrogens is 3. The van der Waals surface area contributed by atoms with E-state index in [0.29, 0.717) is 18.7 Å². The fourth-order valence-electron chi connectivity index (χ4n) is 4.30. The van der Waals surface area contributed by atoms with Gasteiger partial charge in [0.05, 0.1) is 17.7 Å². The Hall–Kier alpha value is -2.16. The van der Waals surface area contributed by atoms with Gasteiger partial charge in [-0.15, -0.1) is 0 Å². The second-order valence-corrected chi connectivity index (χ2v) is 7.83. The number of H-pyrrole nitrogens is 2. The van der Waals surface area contributed by atoms with Crippen LogP contribution in [0.4, 0.5) is 0 Å². The molecular weight excluding hydrogens is 346 g/mol. The number of hydrogen-bond donors (Lipinski definition) is 4. The Morgan fingerprint density at radius 1 is 1.37 bits per heavy atom. The third-order valence-corrected chi connectivity index (χ3v) is 5.99. The van der Waals surface area contributed by atoms with E-state index >= 15 is 0 Å². The molecule has 8 nitrogen and oxygen atoms in total. The van der Waals surface area contributed by atoms with E-state index in [-0.39, 0.29) is 5.91 Å². The lowest BCUT2D eigenvalue weighted by atomic mass is 9.73. The minimum absolute atomic E-state index is 0.200.